The fourth-order valence-corrected chi connectivity index (χ4v) is 3.24. The molecule has 1 N–H and O–H groups in total. The Bertz CT molecular complexity index is 851. The fourth-order valence-electron chi connectivity index (χ4n) is 3.24. The molecule has 1 heterocycles. The van der Waals surface area contributed by atoms with Crippen molar-refractivity contribution >= 4 is 11.8 Å². The summed E-state index contributed by atoms with van der Waals surface area (Å²) in [5.74, 6) is -0.102. The van der Waals surface area contributed by atoms with Gasteiger partial charge in [0.25, 0.3) is 5.91 Å². The highest BCUT2D eigenvalue weighted by Gasteiger charge is 2.24. The molecule has 0 spiro atoms. The van der Waals surface area contributed by atoms with Crippen LogP contribution in [0.3, 0.4) is 0 Å². The Balaban J connectivity index is 1.35. The highest BCUT2D eigenvalue weighted by Crippen LogP contribution is 2.13. The lowest BCUT2D eigenvalue weighted by Crippen LogP contribution is -2.51. The molecule has 7 heteroatoms. The monoisotopic (exact) mass is 399 g/mol. The highest BCUT2D eigenvalue weighted by molar-refractivity contribution is 5.94. The van der Waals surface area contributed by atoms with Crippen LogP contribution in [-0.2, 0) is 4.79 Å². The van der Waals surface area contributed by atoms with Crippen molar-refractivity contribution in [3.05, 3.63) is 65.5 Å². The van der Waals surface area contributed by atoms with Gasteiger partial charge in [0.1, 0.15) is 18.2 Å². The van der Waals surface area contributed by atoms with E-state index >= 15 is 0 Å². The lowest BCUT2D eigenvalue weighted by Gasteiger charge is -2.34. The van der Waals surface area contributed by atoms with E-state index in [2.05, 4.69) is 5.32 Å². The summed E-state index contributed by atoms with van der Waals surface area (Å²) in [6.45, 7) is 5.19. The zero-order chi connectivity index (χ0) is 20.6. The number of carbonyl (C=O) groups excluding carboxylic acids is 2. The molecule has 2 aromatic carbocycles. The second-order valence-electron chi connectivity index (χ2n) is 7.06. The molecule has 2 aromatic rings. The van der Waals surface area contributed by atoms with Crippen LogP contribution in [-0.4, -0.2) is 67.5 Å². The van der Waals surface area contributed by atoms with Crippen molar-refractivity contribution in [2.24, 2.45) is 0 Å². The van der Waals surface area contributed by atoms with Crippen molar-refractivity contribution < 1.29 is 18.7 Å². The van der Waals surface area contributed by atoms with Gasteiger partial charge < -0.3 is 15.0 Å². The molecule has 0 unspecified atom stereocenters. The van der Waals surface area contributed by atoms with Crippen LogP contribution in [0, 0.1) is 12.7 Å². The highest BCUT2D eigenvalue weighted by atomic mass is 19.1. The molecule has 2 amide bonds. The molecule has 1 aliphatic rings. The van der Waals surface area contributed by atoms with Crippen molar-refractivity contribution in [2.75, 3.05) is 45.9 Å². The molecule has 3 rings (SSSR count). The van der Waals surface area contributed by atoms with Gasteiger partial charge >= 0.3 is 0 Å². The standard InChI is InChI=1S/C22H26FN3O3/c1-17-5-4-6-18(15-17)29-14-9-24-21(27)16-25-10-12-26(13-11-25)22(28)19-7-2-3-8-20(19)23/h2-8,15H,9-14,16H2,1H3,(H,24,27). The van der Waals surface area contributed by atoms with E-state index in [4.69, 9.17) is 4.74 Å². The van der Waals surface area contributed by atoms with E-state index in [1.807, 2.05) is 36.1 Å². The van der Waals surface area contributed by atoms with Gasteiger partial charge in [-0.3, -0.25) is 14.5 Å². The smallest absolute Gasteiger partial charge is 0.256 e. The van der Waals surface area contributed by atoms with Crippen molar-refractivity contribution in [3.63, 3.8) is 0 Å². The van der Waals surface area contributed by atoms with Gasteiger partial charge in [-0.1, -0.05) is 24.3 Å². The molecule has 1 fully saturated rings. The minimum atomic E-state index is -0.507. The summed E-state index contributed by atoms with van der Waals surface area (Å²) in [5.41, 5.74) is 1.21. The van der Waals surface area contributed by atoms with Crippen LogP contribution in [0.4, 0.5) is 4.39 Å². The van der Waals surface area contributed by atoms with Crippen molar-refractivity contribution in [3.8, 4) is 5.75 Å². The first-order chi connectivity index (χ1) is 14.0. The van der Waals surface area contributed by atoms with E-state index in [1.54, 1.807) is 17.0 Å². The summed E-state index contributed by atoms with van der Waals surface area (Å²) < 4.78 is 19.4. The van der Waals surface area contributed by atoms with Crippen LogP contribution in [0.1, 0.15) is 15.9 Å². The number of rotatable bonds is 7. The second kappa shape index (κ2) is 10.0. The summed E-state index contributed by atoms with van der Waals surface area (Å²) in [5, 5.41) is 2.85. The van der Waals surface area contributed by atoms with E-state index < -0.39 is 5.82 Å². The number of hydrogen-bond acceptors (Lipinski definition) is 4. The average Bonchev–Trinajstić information content (AvgIpc) is 2.72. The second-order valence-corrected chi connectivity index (χ2v) is 7.06. The van der Waals surface area contributed by atoms with E-state index in [9.17, 15) is 14.0 Å². The molecule has 0 aliphatic carbocycles. The Morgan fingerprint density at radius 2 is 1.83 bits per heavy atom. The summed E-state index contributed by atoms with van der Waals surface area (Å²) in [6.07, 6.45) is 0. The Hall–Kier alpha value is -2.93. The third-order valence-corrected chi connectivity index (χ3v) is 4.81. The number of carbonyl (C=O) groups is 2. The lowest BCUT2D eigenvalue weighted by molar-refractivity contribution is -0.122. The Kier molecular flexibility index (Phi) is 7.19. The van der Waals surface area contributed by atoms with Crippen LogP contribution in [0.5, 0.6) is 5.75 Å². The summed E-state index contributed by atoms with van der Waals surface area (Å²) in [7, 11) is 0. The quantitative estimate of drug-likeness (QED) is 0.725. The number of nitrogens with one attached hydrogen (secondary N) is 1. The van der Waals surface area contributed by atoms with E-state index in [1.165, 1.54) is 12.1 Å². The SMILES string of the molecule is Cc1cccc(OCCNC(=O)CN2CCN(C(=O)c3ccccc3F)CC2)c1. The Morgan fingerprint density at radius 1 is 1.07 bits per heavy atom. The van der Waals surface area contributed by atoms with Crippen molar-refractivity contribution in [1.82, 2.24) is 15.1 Å². The number of ether oxygens (including phenoxy) is 1. The predicted molar refractivity (Wildman–Crippen MR) is 108 cm³/mol. The van der Waals surface area contributed by atoms with E-state index in [-0.39, 0.29) is 23.9 Å². The first-order valence-corrected chi connectivity index (χ1v) is 9.75. The molecule has 154 valence electrons. The van der Waals surface area contributed by atoms with Crippen LogP contribution >= 0.6 is 0 Å². The minimum absolute atomic E-state index is 0.0771. The van der Waals surface area contributed by atoms with E-state index in [0.29, 0.717) is 39.3 Å². The van der Waals surface area contributed by atoms with E-state index in [0.717, 1.165) is 11.3 Å². The number of amides is 2. The van der Waals surface area contributed by atoms with Gasteiger partial charge in [-0.2, -0.15) is 0 Å². The molecule has 1 aliphatic heterocycles. The topological polar surface area (TPSA) is 61.9 Å². The van der Waals surface area contributed by atoms with Gasteiger partial charge in [0.2, 0.25) is 5.91 Å². The number of piperazine rings is 1. The number of nitrogens with zero attached hydrogens (tertiary/aromatic N) is 2. The number of benzene rings is 2. The van der Waals surface area contributed by atoms with Gasteiger partial charge in [-0.15, -0.1) is 0 Å². The number of hydrogen-bond donors (Lipinski definition) is 1. The maximum absolute atomic E-state index is 13.8. The fraction of sp³-hybridized carbons (Fsp3) is 0.364. The maximum atomic E-state index is 13.8. The molecule has 0 atom stereocenters. The summed E-state index contributed by atoms with van der Waals surface area (Å²) >= 11 is 0. The van der Waals surface area contributed by atoms with Gasteiger partial charge in [0.15, 0.2) is 0 Å². The first-order valence-electron chi connectivity index (χ1n) is 9.75. The van der Waals surface area contributed by atoms with Crippen LogP contribution in [0.2, 0.25) is 0 Å². The molecule has 29 heavy (non-hydrogen) atoms. The third kappa shape index (κ3) is 6.02. The van der Waals surface area contributed by atoms with Crippen LogP contribution < -0.4 is 10.1 Å². The Labute approximate surface area is 170 Å². The summed E-state index contributed by atoms with van der Waals surface area (Å²) in [4.78, 5) is 28.2. The van der Waals surface area contributed by atoms with Gasteiger partial charge in [-0.05, 0) is 36.8 Å². The first kappa shape index (κ1) is 20.8. The molecule has 0 bridgehead atoms. The minimum Gasteiger partial charge on any atom is -0.492 e. The zero-order valence-corrected chi connectivity index (χ0v) is 16.6. The molecule has 6 nitrogen and oxygen atoms in total. The lowest BCUT2D eigenvalue weighted by atomic mass is 10.1. The van der Waals surface area contributed by atoms with Gasteiger partial charge in [0.05, 0.1) is 18.7 Å². The summed E-state index contributed by atoms with van der Waals surface area (Å²) in [6, 6.07) is 13.8. The predicted octanol–water partition coefficient (Wildman–Crippen LogP) is 2.09. The third-order valence-electron chi connectivity index (χ3n) is 4.81. The molecule has 0 saturated carbocycles. The molecule has 0 radical (unpaired) electrons. The normalized spacial score (nSPS) is 14.5. The zero-order valence-electron chi connectivity index (χ0n) is 16.6. The van der Waals surface area contributed by atoms with Gasteiger partial charge in [0, 0.05) is 26.2 Å². The molecular weight excluding hydrogens is 373 g/mol. The molecule has 0 aromatic heterocycles. The largest absolute Gasteiger partial charge is 0.492 e. The van der Waals surface area contributed by atoms with Crippen LogP contribution in [0.25, 0.3) is 0 Å². The Morgan fingerprint density at radius 3 is 2.55 bits per heavy atom. The number of halogens is 1. The van der Waals surface area contributed by atoms with Crippen molar-refractivity contribution in [2.45, 2.75) is 6.92 Å². The number of aryl methyl sites for hydroxylation is 1. The molecular formula is C22H26FN3O3. The average molecular weight is 399 g/mol. The van der Waals surface area contributed by atoms with Gasteiger partial charge in [-0.25, -0.2) is 4.39 Å². The maximum Gasteiger partial charge on any atom is 0.256 e. The molecule has 1 saturated heterocycles. The van der Waals surface area contributed by atoms with Crippen LogP contribution in [0.15, 0.2) is 48.5 Å². The van der Waals surface area contributed by atoms with Crippen molar-refractivity contribution in [1.29, 1.82) is 0 Å².